The second-order valence-electron chi connectivity index (χ2n) is 12.3. The van der Waals surface area contributed by atoms with Gasteiger partial charge in [-0.1, -0.05) is 6.07 Å². The number of aromatic nitrogens is 1. The fraction of sp³-hybridized carbons (Fsp3) is 0.471. The van der Waals surface area contributed by atoms with Crippen LogP contribution in [0.5, 0.6) is 5.75 Å². The summed E-state index contributed by atoms with van der Waals surface area (Å²) in [7, 11) is 1.84. The van der Waals surface area contributed by atoms with Crippen LogP contribution in [0.15, 0.2) is 41.3 Å². The molecule has 3 unspecified atom stereocenters. The summed E-state index contributed by atoms with van der Waals surface area (Å²) in [5, 5.41) is 13.4. The summed E-state index contributed by atoms with van der Waals surface area (Å²) < 4.78 is 34.5. The molecule has 0 bridgehead atoms. The molecule has 1 saturated carbocycles. The van der Waals surface area contributed by atoms with E-state index in [0.717, 1.165) is 24.0 Å². The second kappa shape index (κ2) is 14.2. The van der Waals surface area contributed by atoms with Gasteiger partial charge in [0.2, 0.25) is 6.29 Å². The van der Waals surface area contributed by atoms with Crippen molar-refractivity contribution >= 4 is 35.3 Å². The Labute approximate surface area is 271 Å². The lowest BCUT2D eigenvalue weighted by Gasteiger charge is -2.35. The van der Waals surface area contributed by atoms with E-state index in [1.807, 2.05) is 22.6 Å². The molecule has 0 radical (unpaired) electrons. The van der Waals surface area contributed by atoms with Gasteiger partial charge in [0.05, 0.1) is 22.9 Å². The number of amides is 1. The number of aliphatic hydroxyl groups excluding tert-OH is 1. The summed E-state index contributed by atoms with van der Waals surface area (Å²) in [5.41, 5.74) is 2.12. The number of ether oxygens (including phenoxy) is 3. The summed E-state index contributed by atoms with van der Waals surface area (Å²) in [6, 6.07) is 8.54. The van der Waals surface area contributed by atoms with E-state index in [0.29, 0.717) is 68.7 Å². The summed E-state index contributed by atoms with van der Waals surface area (Å²) >= 11 is 0. The maximum atomic E-state index is 15.3. The number of nitrogens with zero attached hydrogens (tertiary/aromatic N) is 3. The van der Waals surface area contributed by atoms with Crippen LogP contribution in [0.25, 0.3) is 10.9 Å². The van der Waals surface area contributed by atoms with E-state index in [-0.39, 0.29) is 36.4 Å². The monoisotopic (exact) mass is 650 g/mol. The van der Waals surface area contributed by atoms with Gasteiger partial charge in [-0.3, -0.25) is 9.59 Å². The summed E-state index contributed by atoms with van der Waals surface area (Å²) in [6.07, 6.45) is 3.08. The molecule has 3 aromatic rings. The number of hydrogen-bond donors (Lipinski definition) is 2. The number of pyridine rings is 1. The number of fused-ring (bicyclic) bond motifs is 1. The van der Waals surface area contributed by atoms with Crippen molar-refractivity contribution in [2.45, 2.75) is 63.3 Å². The van der Waals surface area contributed by atoms with Crippen LogP contribution in [0.2, 0.25) is 0 Å². The molecule has 2 saturated heterocycles. The smallest absolute Gasteiger partial charge is 0.410 e. The minimum Gasteiger partial charge on any atom is -0.465 e. The Kier molecular flexibility index (Phi) is 9.85. The molecule has 2 aliphatic heterocycles. The summed E-state index contributed by atoms with van der Waals surface area (Å²) in [4.78, 5) is 51.9. The number of likely N-dealkylation sites (N-methyl/N-ethyl adjacent to an activating group) is 1. The molecule has 250 valence electrons. The Hall–Kier alpha value is -4.33. The molecule has 1 amide bonds. The number of aldehydes is 2. The van der Waals surface area contributed by atoms with E-state index < -0.39 is 35.8 Å². The van der Waals surface area contributed by atoms with Crippen LogP contribution in [0, 0.1) is 5.82 Å². The fourth-order valence-corrected chi connectivity index (χ4v) is 6.22. The summed E-state index contributed by atoms with van der Waals surface area (Å²) in [5.74, 6) is 0.0155. The van der Waals surface area contributed by atoms with Crippen LogP contribution in [0.3, 0.4) is 0 Å². The first kappa shape index (κ1) is 32.6. The molecule has 12 nitrogen and oxygen atoms in total. The molecule has 3 aliphatic rings. The average Bonchev–Trinajstić information content (AvgIpc) is 3.93. The van der Waals surface area contributed by atoms with Crippen molar-refractivity contribution in [2.24, 2.45) is 0 Å². The molecule has 6 rings (SSSR count). The van der Waals surface area contributed by atoms with Gasteiger partial charge >= 0.3 is 6.09 Å². The molecule has 47 heavy (non-hydrogen) atoms. The topological polar surface area (TPSA) is 140 Å². The number of carbonyl (C=O) groups is 3. The highest BCUT2D eigenvalue weighted by Crippen LogP contribution is 2.38. The number of aliphatic hydroxyl groups is 1. The highest BCUT2D eigenvalue weighted by atomic mass is 19.1. The van der Waals surface area contributed by atoms with Crippen LogP contribution in [-0.2, 0) is 27.3 Å². The number of halogens is 1. The van der Waals surface area contributed by atoms with E-state index >= 15 is 4.39 Å². The van der Waals surface area contributed by atoms with Gasteiger partial charge in [0.25, 0.3) is 0 Å². The number of carbonyl (C=O) groups excluding carboxylic acids is 3. The molecular weight excluding hydrogens is 611 g/mol. The van der Waals surface area contributed by atoms with E-state index in [4.69, 9.17) is 14.2 Å². The molecule has 3 atom stereocenters. The van der Waals surface area contributed by atoms with Crippen molar-refractivity contribution in [3.63, 3.8) is 0 Å². The van der Waals surface area contributed by atoms with Crippen molar-refractivity contribution < 1.29 is 38.1 Å². The SMILES string of the molecule is CNCCc1cc(COC(=O)N2CCN(c3cc4c(cc3F)c(=O)c(C=O)cn4C3CC3)CC2)ccc1OC1CC(O)CC(C=O)O1. The molecule has 2 aromatic carbocycles. The standard InChI is InChI=1S/C34H39FN4O8/c1-36-7-6-22-12-21(2-5-31(22)47-32-14-25(42)13-26(19-41)46-32)20-45-34(44)38-10-8-37(9-11-38)30-16-29-27(15-28(30)35)33(43)23(18-40)17-39(29)24-3-4-24/h2,5,12,15-19,24-26,32,36,42H,3-4,6-11,13-14,20H2,1H3. The number of piperazine rings is 1. The van der Waals surface area contributed by atoms with Crippen molar-refractivity contribution in [2.75, 3.05) is 44.7 Å². The minimum atomic E-state index is -0.758. The maximum Gasteiger partial charge on any atom is 0.410 e. The third-order valence-corrected chi connectivity index (χ3v) is 8.91. The van der Waals surface area contributed by atoms with E-state index in [1.165, 1.54) is 6.07 Å². The molecule has 13 heteroatoms. The molecule has 1 aliphatic carbocycles. The summed E-state index contributed by atoms with van der Waals surface area (Å²) in [6.45, 7) is 2.11. The number of benzene rings is 2. The first-order valence-corrected chi connectivity index (χ1v) is 16.0. The number of hydrogen-bond acceptors (Lipinski definition) is 10. The Morgan fingerprint density at radius 1 is 1.13 bits per heavy atom. The zero-order valence-corrected chi connectivity index (χ0v) is 26.2. The predicted octanol–water partition coefficient (Wildman–Crippen LogP) is 2.95. The third-order valence-electron chi connectivity index (χ3n) is 8.91. The molecule has 0 spiro atoms. The average molecular weight is 651 g/mol. The fourth-order valence-electron chi connectivity index (χ4n) is 6.22. The van der Waals surface area contributed by atoms with Crippen LogP contribution < -0.4 is 20.4 Å². The molecule has 3 fully saturated rings. The van der Waals surface area contributed by atoms with Gasteiger partial charge in [0.15, 0.2) is 11.7 Å². The van der Waals surface area contributed by atoms with Gasteiger partial charge in [-0.05, 0) is 68.2 Å². The first-order valence-electron chi connectivity index (χ1n) is 16.0. The second-order valence-corrected chi connectivity index (χ2v) is 12.3. The van der Waals surface area contributed by atoms with Crippen molar-refractivity contribution in [3.8, 4) is 5.75 Å². The normalized spacial score (nSPS) is 21.5. The van der Waals surface area contributed by atoms with Gasteiger partial charge in [-0.15, -0.1) is 0 Å². The first-order chi connectivity index (χ1) is 22.8. The Balaban J connectivity index is 1.08. The Bertz CT molecular complexity index is 1700. The van der Waals surface area contributed by atoms with E-state index in [1.54, 1.807) is 29.3 Å². The third kappa shape index (κ3) is 7.32. The van der Waals surface area contributed by atoms with Crippen LogP contribution >= 0.6 is 0 Å². The van der Waals surface area contributed by atoms with Crippen molar-refractivity contribution in [1.82, 2.24) is 14.8 Å². The largest absolute Gasteiger partial charge is 0.465 e. The highest BCUT2D eigenvalue weighted by molar-refractivity contribution is 5.88. The molecule has 1 aromatic heterocycles. The van der Waals surface area contributed by atoms with Crippen molar-refractivity contribution in [3.05, 3.63) is 69.3 Å². The van der Waals surface area contributed by atoms with Gasteiger partial charge in [0, 0.05) is 56.6 Å². The quantitative estimate of drug-likeness (QED) is 0.298. The van der Waals surface area contributed by atoms with Gasteiger partial charge < -0.3 is 43.8 Å². The van der Waals surface area contributed by atoms with Crippen LogP contribution in [0.4, 0.5) is 14.9 Å². The highest BCUT2D eigenvalue weighted by Gasteiger charge is 2.31. The lowest BCUT2D eigenvalue weighted by atomic mass is 10.1. The number of anilines is 1. The van der Waals surface area contributed by atoms with Crippen LogP contribution in [0.1, 0.15) is 53.2 Å². The Morgan fingerprint density at radius 3 is 2.62 bits per heavy atom. The Morgan fingerprint density at radius 2 is 1.91 bits per heavy atom. The van der Waals surface area contributed by atoms with Gasteiger partial charge in [0.1, 0.15) is 30.6 Å². The predicted molar refractivity (Wildman–Crippen MR) is 170 cm³/mol. The zero-order valence-electron chi connectivity index (χ0n) is 26.2. The molecule has 3 heterocycles. The van der Waals surface area contributed by atoms with Gasteiger partial charge in [-0.25, -0.2) is 9.18 Å². The lowest BCUT2D eigenvalue weighted by molar-refractivity contribution is -0.176. The maximum absolute atomic E-state index is 15.3. The van der Waals surface area contributed by atoms with Crippen molar-refractivity contribution in [1.29, 1.82) is 0 Å². The number of nitrogens with one attached hydrogen (secondary N) is 1. The lowest BCUT2D eigenvalue weighted by Crippen LogP contribution is -2.49. The van der Waals surface area contributed by atoms with Gasteiger partial charge in [-0.2, -0.15) is 0 Å². The van der Waals surface area contributed by atoms with E-state index in [2.05, 4.69) is 5.32 Å². The van der Waals surface area contributed by atoms with Crippen LogP contribution in [-0.4, -0.2) is 91.5 Å². The number of rotatable bonds is 11. The van der Waals surface area contributed by atoms with E-state index in [9.17, 15) is 24.3 Å². The zero-order chi connectivity index (χ0) is 33.1. The molecule has 2 N–H and O–H groups in total. The minimum absolute atomic E-state index is 0.0192. The molecular formula is C34H39FN4O8.